The number of aryl methyl sites for hydroxylation is 1. The Morgan fingerprint density at radius 3 is 2.61 bits per heavy atom. The van der Waals surface area contributed by atoms with Crippen LogP contribution in [0.1, 0.15) is 28.2 Å². The van der Waals surface area contributed by atoms with Crippen LogP contribution in [0.25, 0.3) is 11.3 Å². The first kappa shape index (κ1) is 11.4. The van der Waals surface area contributed by atoms with Gasteiger partial charge in [-0.3, -0.25) is 4.79 Å². The van der Waals surface area contributed by atoms with Gasteiger partial charge in [-0.05, 0) is 31.9 Å². The van der Waals surface area contributed by atoms with Crippen molar-refractivity contribution in [3.05, 3.63) is 40.2 Å². The minimum atomic E-state index is 0.0264. The number of carbonyl (C=O) groups is 1. The summed E-state index contributed by atoms with van der Waals surface area (Å²) in [4.78, 5) is 16.3. The lowest BCUT2D eigenvalue weighted by molar-refractivity contribution is 0.0951. The number of amides is 1. The minimum Gasteiger partial charge on any atom is -0.349 e. The number of hydrogen-bond donors (Lipinski definition) is 1. The molecule has 0 saturated heterocycles. The van der Waals surface area contributed by atoms with E-state index in [-0.39, 0.29) is 5.91 Å². The predicted molar refractivity (Wildman–Crippen MR) is 72.8 cm³/mol. The normalized spacial score (nSPS) is 14.5. The Kier molecular flexibility index (Phi) is 2.88. The van der Waals surface area contributed by atoms with E-state index in [1.165, 1.54) is 0 Å². The summed E-state index contributed by atoms with van der Waals surface area (Å²) in [5.41, 5.74) is 2.76. The quantitative estimate of drug-likeness (QED) is 0.919. The summed E-state index contributed by atoms with van der Waals surface area (Å²) >= 11 is 1.64. The summed E-state index contributed by atoms with van der Waals surface area (Å²) < 4.78 is 0. The molecule has 0 unspecified atom stereocenters. The number of nitrogens with one attached hydrogen (secondary N) is 1. The summed E-state index contributed by atoms with van der Waals surface area (Å²) in [6.45, 7) is 1.99. The van der Waals surface area contributed by atoms with Gasteiger partial charge in [-0.1, -0.05) is 12.1 Å². The Morgan fingerprint density at radius 2 is 2.06 bits per heavy atom. The Bertz CT molecular complexity index is 570. The molecule has 1 aromatic heterocycles. The molecule has 0 spiro atoms. The molecule has 1 heterocycles. The van der Waals surface area contributed by atoms with E-state index in [1.807, 2.05) is 36.6 Å². The Balaban J connectivity index is 1.77. The zero-order valence-electron chi connectivity index (χ0n) is 10.1. The van der Waals surface area contributed by atoms with Crippen LogP contribution >= 0.6 is 11.3 Å². The molecule has 0 atom stereocenters. The summed E-state index contributed by atoms with van der Waals surface area (Å²) in [7, 11) is 0. The SMILES string of the molecule is Cc1nc(-c2ccc(C(=O)NC3CC3)cc2)cs1. The lowest BCUT2D eigenvalue weighted by Crippen LogP contribution is -2.25. The van der Waals surface area contributed by atoms with Gasteiger partial charge in [0.05, 0.1) is 10.7 Å². The van der Waals surface area contributed by atoms with Crippen molar-refractivity contribution in [1.29, 1.82) is 0 Å². The van der Waals surface area contributed by atoms with Crippen LogP contribution in [0.5, 0.6) is 0 Å². The topological polar surface area (TPSA) is 42.0 Å². The smallest absolute Gasteiger partial charge is 0.251 e. The molecule has 0 aliphatic heterocycles. The first-order valence-corrected chi connectivity index (χ1v) is 6.94. The molecule has 1 aliphatic carbocycles. The van der Waals surface area contributed by atoms with E-state index in [9.17, 15) is 4.79 Å². The van der Waals surface area contributed by atoms with Gasteiger partial charge in [-0.2, -0.15) is 0 Å². The second kappa shape index (κ2) is 4.53. The highest BCUT2D eigenvalue weighted by Gasteiger charge is 2.23. The average Bonchev–Trinajstić information content (AvgIpc) is 3.09. The third kappa shape index (κ3) is 2.43. The van der Waals surface area contributed by atoms with Crippen molar-refractivity contribution >= 4 is 17.2 Å². The first-order chi connectivity index (χ1) is 8.72. The fraction of sp³-hybridized carbons (Fsp3) is 0.286. The molecule has 0 bridgehead atoms. The molecule has 4 heteroatoms. The van der Waals surface area contributed by atoms with Gasteiger partial charge in [0, 0.05) is 22.5 Å². The fourth-order valence-corrected chi connectivity index (χ4v) is 2.41. The highest BCUT2D eigenvalue weighted by molar-refractivity contribution is 7.09. The first-order valence-electron chi connectivity index (χ1n) is 6.06. The van der Waals surface area contributed by atoms with Crippen LogP contribution in [-0.4, -0.2) is 16.9 Å². The third-order valence-electron chi connectivity index (χ3n) is 2.97. The van der Waals surface area contributed by atoms with E-state index in [0.29, 0.717) is 6.04 Å². The maximum Gasteiger partial charge on any atom is 0.251 e. The lowest BCUT2D eigenvalue weighted by Gasteiger charge is -2.03. The number of nitrogens with zero attached hydrogens (tertiary/aromatic N) is 1. The Labute approximate surface area is 110 Å². The van der Waals surface area contributed by atoms with Crippen molar-refractivity contribution in [3.63, 3.8) is 0 Å². The molecular formula is C14H14N2OS. The van der Waals surface area contributed by atoms with Crippen LogP contribution in [0.3, 0.4) is 0 Å². The second-order valence-electron chi connectivity index (χ2n) is 4.58. The van der Waals surface area contributed by atoms with Crippen molar-refractivity contribution in [3.8, 4) is 11.3 Å². The van der Waals surface area contributed by atoms with Gasteiger partial charge in [0.2, 0.25) is 0 Å². The van der Waals surface area contributed by atoms with Gasteiger partial charge in [0.15, 0.2) is 0 Å². The second-order valence-corrected chi connectivity index (χ2v) is 5.64. The molecule has 1 N–H and O–H groups in total. The van der Waals surface area contributed by atoms with Crippen LogP contribution in [0.15, 0.2) is 29.6 Å². The molecular weight excluding hydrogens is 244 g/mol. The van der Waals surface area contributed by atoms with Crippen LogP contribution < -0.4 is 5.32 Å². The van der Waals surface area contributed by atoms with E-state index in [1.54, 1.807) is 11.3 Å². The number of thiazole rings is 1. The van der Waals surface area contributed by atoms with E-state index in [4.69, 9.17) is 0 Å². The Morgan fingerprint density at radius 1 is 1.33 bits per heavy atom. The van der Waals surface area contributed by atoms with E-state index in [0.717, 1.165) is 34.7 Å². The van der Waals surface area contributed by atoms with E-state index in [2.05, 4.69) is 10.3 Å². The number of rotatable bonds is 3. The maximum atomic E-state index is 11.8. The standard InChI is InChI=1S/C14H14N2OS/c1-9-15-13(8-18-9)10-2-4-11(5-3-10)14(17)16-12-6-7-12/h2-5,8,12H,6-7H2,1H3,(H,16,17). The van der Waals surface area contributed by atoms with Crippen LogP contribution in [0.4, 0.5) is 0 Å². The molecule has 1 aliphatic rings. The summed E-state index contributed by atoms with van der Waals surface area (Å²) in [6, 6.07) is 8.04. The summed E-state index contributed by atoms with van der Waals surface area (Å²) in [5.74, 6) is 0.0264. The monoisotopic (exact) mass is 258 g/mol. The highest BCUT2D eigenvalue weighted by atomic mass is 32.1. The van der Waals surface area contributed by atoms with Crippen LogP contribution in [-0.2, 0) is 0 Å². The van der Waals surface area contributed by atoms with Crippen molar-refractivity contribution < 1.29 is 4.79 Å². The molecule has 3 rings (SSSR count). The summed E-state index contributed by atoms with van der Waals surface area (Å²) in [6.07, 6.45) is 2.23. The van der Waals surface area contributed by atoms with Gasteiger partial charge in [-0.15, -0.1) is 11.3 Å². The zero-order chi connectivity index (χ0) is 12.5. The number of benzene rings is 1. The van der Waals surface area contributed by atoms with Crippen molar-refractivity contribution in [2.75, 3.05) is 0 Å². The third-order valence-corrected chi connectivity index (χ3v) is 3.75. The minimum absolute atomic E-state index is 0.0264. The number of hydrogen-bond acceptors (Lipinski definition) is 3. The molecule has 1 amide bonds. The molecule has 18 heavy (non-hydrogen) atoms. The molecule has 1 aromatic carbocycles. The highest BCUT2D eigenvalue weighted by Crippen LogP contribution is 2.23. The predicted octanol–water partition coefficient (Wildman–Crippen LogP) is 3.01. The largest absolute Gasteiger partial charge is 0.349 e. The van der Waals surface area contributed by atoms with Gasteiger partial charge in [0.25, 0.3) is 5.91 Å². The van der Waals surface area contributed by atoms with Gasteiger partial charge >= 0.3 is 0 Å². The molecule has 1 fully saturated rings. The molecule has 0 radical (unpaired) electrons. The van der Waals surface area contributed by atoms with Gasteiger partial charge in [0.1, 0.15) is 0 Å². The van der Waals surface area contributed by atoms with Crippen molar-refractivity contribution in [2.45, 2.75) is 25.8 Å². The Hall–Kier alpha value is -1.68. The molecule has 1 saturated carbocycles. The van der Waals surface area contributed by atoms with E-state index >= 15 is 0 Å². The molecule has 3 nitrogen and oxygen atoms in total. The van der Waals surface area contributed by atoms with Gasteiger partial charge < -0.3 is 5.32 Å². The van der Waals surface area contributed by atoms with Crippen molar-refractivity contribution in [2.24, 2.45) is 0 Å². The van der Waals surface area contributed by atoms with Crippen LogP contribution in [0.2, 0.25) is 0 Å². The lowest BCUT2D eigenvalue weighted by atomic mass is 10.1. The van der Waals surface area contributed by atoms with Crippen molar-refractivity contribution in [1.82, 2.24) is 10.3 Å². The molecule has 92 valence electrons. The van der Waals surface area contributed by atoms with E-state index < -0.39 is 0 Å². The fourth-order valence-electron chi connectivity index (χ4n) is 1.78. The van der Waals surface area contributed by atoms with Crippen LogP contribution in [0, 0.1) is 6.92 Å². The zero-order valence-corrected chi connectivity index (χ0v) is 11.0. The average molecular weight is 258 g/mol. The maximum absolute atomic E-state index is 11.8. The number of aromatic nitrogens is 1. The summed E-state index contributed by atoms with van der Waals surface area (Å²) in [5, 5.41) is 6.07. The van der Waals surface area contributed by atoms with Gasteiger partial charge in [-0.25, -0.2) is 4.98 Å². The molecule has 2 aromatic rings. The number of carbonyl (C=O) groups excluding carboxylic acids is 1.